The summed E-state index contributed by atoms with van der Waals surface area (Å²) in [5.41, 5.74) is 7.09. The minimum absolute atomic E-state index is 0.220. The Morgan fingerprint density at radius 1 is 1.21 bits per heavy atom. The maximum Gasteiger partial charge on any atom is 0.257 e. The highest BCUT2D eigenvalue weighted by molar-refractivity contribution is 9.10. The maximum absolute atomic E-state index is 12.1. The Labute approximate surface area is 128 Å². The van der Waals surface area contributed by atoms with E-state index in [1.54, 1.807) is 36.4 Å². The summed E-state index contributed by atoms with van der Waals surface area (Å²) >= 11 is 15.2. The van der Waals surface area contributed by atoms with Crippen molar-refractivity contribution in [3.63, 3.8) is 0 Å². The first-order valence-corrected chi connectivity index (χ1v) is 6.84. The van der Waals surface area contributed by atoms with Gasteiger partial charge in [-0.3, -0.25) is 4.79 Å². The molecule has 6 heteroatoms. The Morgan fingerprint density at radius 3 is 2.63 bits per heavy atom. The predicted octanol–water partition coefficient (Wildman–Crippen LogP) is 4.59. The molecule has 0 aliphatic rings. The molecule has 2 aromatic carbocycles. The summed E-state index contributed by atoms with van der Waals surface area (Å²) in [6, 6.07) is 10.1. The van der Waals surface area contributed by atoms with E-state index in [2.05, 4.69) is 21.2 Å². The van der Waals surface area contributed by atoms with Crippen LogP contribution in [-0.4, -0.2) is 5.91 Å². The number of rotatable bonds is 2. The molecule has 0 heterocycles. The van der Waals surface area contributed by atoms with Crippen LogP contribution >= 0.6 is 39.1 Å². The van der Waals surface area contributed by atoms with E-state index in [9.17, 15) is 4.79 Å². The lowest BCUT2D eigenvalue weighted by Gasteiger charge is -2.10. The van der Waals surface area contributed by atoms with Gasteiger partial charge in [0.1, 0.15) is 0 Å². The van der Waals surface area contributed by atoms with E-state index in [1.807, 2.05) is 0 Å². The van der Waals surface area contributed by atoms with Gasteiger partial charge in [0.25, 0.3) is 5.91 Å². The summed E-state index contributed by atoms with van der Waals surface area (Å²) in [4.78, 5) is 12.1. The van der Waals surface area contributed by atoms with Crippen molar-refractivity contribution in [2.75, 3.05) is 11.1 Å². The van der Waals surface area contributed by atoms with Gasteiger partial charge in [-0.15, -0.1) is 0 Å². The molecule has 0 atom stereocenters. The van der Waals surface area contributed by atoms with E-state index < -0.39 is 0 Å². The van der Waals surface area contributed by atoms with Crippen molar-refractivity contribution < 1.29 is 4.79 Å². The third-order valence-electron chi connectivity index (χ3n) is 2.46. The molecular formula is C13H9BrCl2N2O. The molecule has 19 heavy (non-hydrogen) atoms. The molecule has 2 rings (SSSR count). The molecule has 0 saturated carbocycles. The molecule has 0 aliphatic carbocycles. The molecule has 3 N–H and O–H groups in total. The Hall–Kier alpha value is -1.23. The number of halogens is 3. The van der Waals surface area contributed by atoms with Crippen molar-refractivity contribution in [2.45, 2.75) is 0 Å². The standard InChI is InChI=1S/C13H9BrCl2N2O/c14-7-4-5-11(10(17)6-7)18-13(19)8-2-1-3-9(15)12(8)16/h1-6H,17H2,(H,18,19). The Balaban J connectivity index is 2.28. The van der Waals surface area contributed by atoms with Crippen LogP contribution in [0.4, 0.5) is 11.4 Å². The van der Waals surface area contributed by atoms with Crippen LogP contribution in [0, 0.1) is 0 Å². The third kappa shape index (κ3) is 3.21. The summed E-state index contributed by atoms with van der Waals surface area (Å²) < 4.78 is 0.837. The third-order valence-corrected chi connectivity index (χ3v) is 3.77. The second kappa shape index (κ2) is 5.82. The van der Waals surface area contributed by atoms with E-state index in [0.717, 1.165) is 4.47 Å². The monoisotopic (exact) mass is 358 g/mol. The number of nitrogens with one attached hydrogen (secondary N) is 1. The zero-order valence-corrected chi connectivity index (χ0v) is 12.7. The molecule has 0 aromatic heterocycles. The Morgan fingerprint density at radius 2 is 1.95 bits per heavy atom. The SMILES string of the molecule is Nc1cc(Br)ccc1NC(=O)c1cccc(Cl)c1Cl. The number of hydrogen-bond donors (Lipinski definition) is 2. The molecule has 0 bridgehead atoms. The fraction of sp³-hybridized carbons (Fsp3) is 0. The van der Waals surface area contributed by atoms with Crippen molar-refractivity contribution in [3.05, 3.63) is 56.5 Å². The molecule has 0 fully saturated rings. The highest BCUT2D eigenvalue weighted by atomic mass is 79.9. The number of hydrogen-bond acceptors (Lipinski definition) is 2. The minimum atomic E-state index is -0.360. The molecule has 0 aliphatic heterocycles. The maximum atomic E-state index is 12.1. The van der Waals surface area contributed by atoms with E-state index in [1.165, 1.54) is 0 Å². The molecule has 3 nitrogen and oxygen atoms in total. The number of nitrogens with two attached hydrogens (primary N) is 1. The van der Waals surface area contributed by atoms with Crippen LogP contribution in [0.25, 0.3) is 0 Å². The molecule has 1 amide bonds. The largest absolute Gasteiger partial charge is 0.397 e. The van der Waals surface area contributed by atoms with Gasteiger partial charge in [-0.25, -0.2) is 0 Å². The molecule has 0 radical (unpaired) electrons. The quantitative estimate of drug-likeness (QED) is 0.770. The van der Waals surface area contributed by atoms with Gasteiger partial charge < -0.3 is 11.1 Å². The van der Waals surface area contributed by atoms with Gasteiger partial charge in [-0.05, 0) is 30.3 Å². The normalized spacial score (nSPS) is 10.3. The first kappa shape index (κ1) is 14.2. The summed E-state index contributed by atoms with van der Waals surface area (Å²) in [5.74, 6) is -0.360. The molecule has 98 valence electrons. The first-order valence-electron chi connectivity index (χ1n) is 5.29. The topological polar surface area (TPSA) is 55.1 Å². The highest BCUT2D eigenvalue weighted by Gasteiger charge is 2.13. The minimum Gasteiger partial charge on any atom is -0.397 e. The molecule has 0 saturated heterocycles. The zero-order chi connectivity index (χ0) is 14.0. The van der Waals surface area contributed by atoms with Crippen LogP contribution in [0.5, 0.6) is 0 Å². The molecule has 0 spiro atoms. The smallest absolute Gasteiger partial charge is 0.257 e. The van der Waals surface area contributed by atoms with Gasteiger partial charge in [-0.1, -0.05) is 45.2 Å². The summed E-state index contributed by atoms with van der Waals surface area (Å²) in [7, 11) is 0. The fourth-order valence-electron chi connectivity index (χ4n) is 1.52. The van der Waals surface area contributed by atoms with Crippen molar-refractivity contribution in [2.24, 2.45) is 0 Å². The van der Waals surface area contributed by atoms with E-state index in [4.69, 9.17) is 28.9 Å². The van der Waals surface area contributed by atoms with Gasteiger partial charge in [0, 0.05) is 4.47 Å². The average molecular weight is 360 g/mol. The molecule has 0 unspecified atom stereocenters. The number of carbonyl (C=O) groups excluding carboxylic acids is 1. The summed E-state index contributed by atoms with van der Waals surface area (Å²) in [6.45, 7) is 0. The van der Waals surface area contributed by atoms with Gasteiger partial charge in [-0.2, -0.15) is 0 Å². The lowest BCUT2D eigenvalue weighted by Crippen LogP contribution is -2.13. The fourth-order valence-corrected chi connectivity index (χ4v) is 2.28. The van der Waals surface area contributed by atoms with Crippen LogP contribution < -0.4 is 11.1 Å². The van der Waals surface area contributed by atoms with Gasteiger partial charge in [0.15, 0.2) is 0 Å². The summed E-state index contributed by atoms with van der Waals surface area (Å²) in [6.07, 6.45) is 0. The first-order chi connectivity index (χ1) is 8.99. The van der Waals surface area contributed by atoms with E-state index in [0.29, 0.717) is 22.0 Å². The number of nitrogen functional groups attached to an aromatic ring is 1. The lowest BCUT2D eigenvalue weighted by atomic mass is 10.2. The average Bonchev–Trinajstić information content (AvgIpc) is 2.36. The van der Waals surface area contributed by atoms with Crippen molar-refractivity contribution in [1.29, 1.82) is 0 Å². The van der Waals surface area contributed by atoms with Crippen molar-refractivity contribution >= 4 is 56.4 Å². The molecular weight excluding hydrogens is 351 g/mol. The lowest BCUT2D eigenvalue weighted by molar-refractivity contribution is 0.102. The highest BCUT2D eigenvalue weighted by Crippen LogP contribution is 2.28. The predicted molar refractivity (Wildman–Crippen MR) is 83.0 cm³/mol. The van der Waals surface area contributed by atoms with Crippen LogP contribution in [0.2, 0.25) is 10.0 Å². The Kier molecular flexibility index (Phi) is 4.34. The summed E-state index contributed by atoms with van der Waals surface area (Å²) in [5, 5.41) is 3.25. The molecule has 2 aromatic rings. The van der Waals surface area contributed by atoms with Gasteiger partial charge >= 0.3 is 0 Å². The van der Waals surface area contributed by atoms with Crippen LogP contribution in [0.3, 0.4) is 0 Å². The van der Waals surface area contributed by atoms with Crippen LogP contribution in [0.1, 0.15) is 10.4 Å². The number of carbonyl (C=O) groups is 1. The zero-order valence-electron chi connectivity index (χ0n) is 9.58. The van der Waals surface area contributed by atoms with Crippen molar-refractivity contribution in [1.82, 2.24) is 0 Å². The number of anilines is 2. The second-order valence-electron chi connectivity index (χ2n) is 3.79. The van der Waals surface area contributed by atoms with E-state index >= 15 is 0 Å². The van der Waals surface area contributed by atoms with Gasteiger partial charge in [0.2, 0.25) is 0 Å². The van der Waals surface area contributed by atoms with E-state index in [-0.39, 0.29) is 10.9 Å². The van der Waals surface area contributed by atoms with Crippen LogP contribution in [-0.2, 0) is 0 Å². The number of benzene rings is 2. The Bertz CT molecular complexity index is 647. The van der Waals surface area contributed by atoms with Crippen LogP contribution in [0.15, 0.2) is 40.9 Å². The second-order valence-corrected chi connectivity index (χ2v) is 5.49. The van der Waals surface area contributed by atoms with Gasteiger partial charge in [0.05, 0.1) is 27.0 Å². The number of amides is 1. The van der Waals surface area contributed by atoms with Crippen molar-refractivity contribution in [3.8, 4) is 0 Å².